The van der Waals surface area contributed by atoms with Gasteiger partial charge in [-0.25, -0.2) is 4.21 Å². The maximum absolute atomic E-state index is 12.5. The van der Waals surface area contributed by atoms with E-state index in [4.69, 9.17) is 20.5 Å². The fourth-order valence-corrected chi connectivity index (χ4v) is 3.25. The fourth-order valence-electron chi connectivity index (χ4n) is 2.12. The molecular formula is C15H13ClF2N4O3S. The lowest BCUT2D eigenvalue weighted by Crippen LogP contribution is -2.26. The Kier molecular flexibility index (Phi) is 5.62. The summed E-state index contributed by atoms with van der Waals surface area (Å²) in [6.45, 7) is 1.94. The number of halogens is 3. The molecule has 0 radical (unpaired) electrons. The Morgan fingerprint density at radius 1 is 1.31 bits per heavy atom. The summed E-state index contributed by atoms with van der Waals surface area (Å²) in [5.74, 6) is -0.568. The van der Waals surface area contributed by atoms with Crippen LogP contribution >= 0.6 is 11.6 Å². The van der Waals surface area contributed by atoms with E-state index in [1.165, 1.54) is 6.07 Å². The first kappa shape index (κ1) is 18.5. The zero-order valence-electron chi connectivity index (χ0n) is 13.4. The van der Waals surface area contributed by atoms with Crippen molar-refractivity contribution >= 4 is 28.3 Å². The molecule has 0 bridgehead atoms. The Hall–Kier alpha value is -2.33. The van der Waals surface area contributed by atoms with Crippen molar-refractivity contribution in [3.8, 4) is 11.7 Å². The van der Waals surface area contributed by atoms with Gasteiger partial charge in [0.25, 0.3) is 11.8 Å². The van der Waals surface area contributed by atoms with Gasteiger partial charge in [0, 0.05) is 16.8 Å². The third-order valence-corrected chi connectivity index (χ3v) is 4.85. The second kappa shape index (κ2) is 7.92. The van der Waals surface area contributed by atoms with Crippen LogP contribution in [0.2, 0.25) is 5.02 Å². The molecule has 1 atom stereocenters. The molecule has 0 saturated heterocycles. The lowest BCUT2D eigenvalue weighted by Gasteiger charge is -2.21. The van der Waals surface area contributed by atoms with E-state index < -0.39 is 23.3 Å². The van der Waals surface area contributed by atoms with E-state index in [9.17, 15) is 13.0 Å². The monoisotopic (exact) mass is 402 g/mol. The van der Waals surface area contributed by atoms with Crippen molar-refractivity contribution in [1.29, 1.82) is 0 Å². The molecule has 0 fully saturated rings. The van der Waals surface area contributed by atoms with Crippen LogP contribution < -0.4 is 4.31 Å². The van der Waals surface area contributed by atoms with Gasteiger partial charge < -0.3 is 8.94 Å². The average Bonchev–Trinajstić information content (AvgIpc) is 3.28. The van der Waals surface area contributed by atoms with E-state index in [0.29, 0.717) is 22.2 Å². The topological polar surface area (TPSA) is 85.3 Å². The van der Waals surface area contributed by atoms with Crippen LogP contribution in [-0.2, 0) is 17.5 Å². The molecule has 1 aromatic carbocycles. The Labute approximate surface area is 154 Å². The van der Waals surface area contributed by atoms with E-state index >= 15 is 0 Å². The molecule has 0 N–H and O–H groups in total. The van der Waals surface area contributed by atoms with Crippen molar-refractivity contribution in [3.05, 3.63) is 46.9 Å². The lowest BCUT2D eigenvalue weighted by molar-refractivity contribution is 0.115. The molecule has 11 heteroatoms. The van der Waals surface area contributed by atoms with Gasteiger partial charge in [-0.15, -0.1) is 10.2 Å². The van der Waals surface area contributed by atoms with Gasteiger partial charge in [-0.05, 0) is 18.2 Å². The van der Waals surface area contributed by atoms with E-state index in [1.807, 2.05) is 0 Å². The Bertz CT molecular complexity index is 918. The summed E-state index contributed by atoms with van der Waals surface area (Å²) in [6.07, 6.45) is -2.87. The summed E-state index contributed by atoms with van der Waals surface area (Å²) in [4.78, 5) is 0. The number of rotatable bonds is 7. The number of hydrogen-bond donors (Lipinski definition) is 0. The molecule has 0 spiro atoms. The molecule has 0 saturated carbocycles. The minimum absolute atomic E-state index is 0.0488. The highest BCUT2D eigenvalue weighted by molar-refractivity contribution is 7.86. The van der Waals surface area contributed by atoms with Crippen LogP contribution in [0.15, 0.2) is 39.3 Å². The Balaban J connectivity index is 1.83. The lowest BCUT2D eigenvalue weighted by atomic mass is 10.3. The van der Waals surface area contributed by atoms with Crippen molar-refractivity contribution in [2.45, 2.75) is 19.9 Å². The van der Waals surface area contributed by atoms with E-state index in [0.717, 1.165) is 0 Å². The van der Waals surface area contributed by atoms with Crippen molar-refractivity contribution in [2.24, 2.45) is 0 Å². The third kappa shape index (κ3) is 4.07. The Morgan fingerprint density at radius 2 is 2.12 bits per heavy atom. The van der Waals surface area contributed by atoms with Gasteiger partial charge in [0.2, 0.25) is 5.76 Å². The smallest absolute Gasteiger partial charge is 0.314 e. The number of hydrogen-bond acceptors (Lipinski definition) is 6. The molecule has 26 heavy (non-hydrogen) atoms. The molecule has 0 aliphatic carbocycles. The van der Waals surface area contributed by atoms with Gasteiger partial charge in [0.15, 0.2) is 0 Å². The van der Waals surface area contributed by atoms with Crippen molar-refractivity contribution in [3.63, 3.8) is 0 Å². The second-order valence-electron chi connectivity index (χ2n) is 5.06. The number of aromatic nitrogens is 3. The highest BCUT2D eigenvalue weighted by atomic mass is 35.5. The third-order valence-electron chi connectivity index (χ3n) is 3.29. The normalized spacial score (nSPS) is 12.5. The number of alkyl halides is 2. The van der Waals surface area contributed by atoms with Crippen LogP contribution in [0.1, 0.15) is 24.9 Å². The summed E-state index contributed by atoms with van der Waals surface area (Å²) in [5, 5.41) is 11.1. The molecule has 1 unspecified atom stereocenters. The Morgan fingerprint density at radius 3 is 2.77 bits per heavy atom. The average molecular weight is 403 g/mol. The predicted octanol–water partition coefficient (Wildman–Crippen LogP) is 4.01. The van der Waals surface area contributed by atoms with Crippen LogP contribution in [0.3, 0.4) is 0 Å². The molecule has 0 amide bonds. The molecular weight excluding hydrogens is 390 g/mol. The summed E-state index contributed by atoms with van der Waals surface area (Å²) in [7, 11) is -1.32. The van der Waals surface area contributed by atoms with E-state index in [2.05, 4.69) is 15.4 Å². The van der Waals surface area contributed by atoms with Crippen molar-refractivity contribution in [2.75, 3.05) is 10.1 Å². The molecule has 138 valence electrons. The standard InChI is InChI=1S/C15H13ClF2N4O3S/c1-2-26(23)22(11-5-3-4-9(16)6-11)8-10-7-12(25-21-10)14-19-20-15(24-14)13(17)18/h3-7,13H,2,8H2,1H3. The first-order valence-corrected chi connectivity index (χ1v) is 9.12. The summed E-state index contributed by atoms with van der Waals surface area (Å²) in [5.41, 5.74) is 1.07. The molecule has 0 aliphatic heterocycles. The molecule has 2 aromatic heterocycles. The predicted molar refractivity (Wildman–Crippen MR) is 91.1 cm³/mol. The molecule has 7 nitrogen and oxygen atoms in total. The highest BCUT2D eigenvalue weighted by Gasteiger charge is 2.21. The summed E-state index contributed by atoms with van der Waals surface area (Å²) < 4.78 is 48.9. The minimum Gasteiger partial charge on any atom is -0.412 e. The molecule has 3 aromatic rings. The molecule has 0 aliphatic rings. The van der Waals surface area contributed by atoms with E-state index in [1.54, 1.807) is 35.5 Å². The highest BCUT2D eigenvalue weighted by Crippen LogP contribution is 2.26. The fraction of sp³-hybridized carbons (Fsp3) is 0.267. The van der Waals surface area contributed by atoms with Crippen molar-refractivity contribution in [1.82, 2.24) is 15.4 Å². The summed E-state index contributed by atoms with van der Waals surface area (Å²) >= 11 is 6.00. The molecule has 3 rings (SSSR count). The van der Waals surface area contributed by atoms with Crippen LogP contribution in [0, 0.1) is 0 Å². The van der Waals surface area contributed by atoms with Gasteiger partial charge in [0.1, 0.15) is 16.7 Å². The molecule has 2 heterocycles. The van der Waals surface area contributed by atoms with E-state index in [-0.39, 0.29) is 18.2 Å². The van der Waals surface area contributed by atoms with Gasteiger partial charge in [-0.2, -0.15) is 8.78 Å². The number of benzene rings is 1. The SMILES string of the molecule is CCS(=O)N(Cc1cc(-c2nnc(C(F)F)o2)on1)c1cccc(Cl)c1. The van der Waals surface area contributed by atoms with Crippen LogP contribution in [0.5, 0.6) is 0 Å². The van der Waals surface area contributed by atoms with Gasteiger partial charge in [-0.1, -0.05) is 29.7 Å². The quantitative estimate of drug-likeness (QED) is 0.593. The van der Waals surface area contributed by atoms with Crippen LogP contribution in [-0.4, -0.2) is 25.3 Å². The maximum Gasteiger partial charge on any atom is 0.314 e. The zero-order chi connectivity index (χ0) is 18.7. The van der Waals surface area contributed by atoms with Crippen LogP contribution in [0.4, 0.5) is 14.5 Å². The maximum atomic E-state index is 12.5. The second-order valence-corrected chi connectivity index (χ2v) is 7.15. The number of nitrogens with zero attached hydrogens (tertiary/aromatic N) is 4. The number of anilines is 1. The van der Waals surface area contributed by atoms with Gasteiger partial charge in [-0.3, -0.25) is 4.31 Å². The first-order valence-electron chi connectivity index (χ1n) is 7.47. The zero-order valence-corrected chi connectivity index (χ0v) is 15.0. The minimum atomic E-state index is -2.87. The van der Waals surface area contributed by atoms with Crippen LogP contribution in [0.25, 0.3) is 11.7 Å². The largest absolute Gasteiger partial charge is 0.412 e. The van der Waals surface area contributed by atoms with Crippen molar-refractivity contribution < 1.29 is 21.9 Å². The first-order chi connectivity index (χ1) is 12.5. The summed E-state index contributed by atoms with van der Waals surface area (Å²) in [6, 6.07) is 8.38. The van der Waals surface area contributed by atoms with Gasteiger partial charge >= 0.3 is 6.43 Å². The van der Waals surface area contributed by atoms with Gasteiger partial charge in [0.05, 0.1) is 12.2 Å².